The minimum Gasteiger partial charge on any atom is -0.305 e. The average Bonchev–Trinajstić information content (AvgIpc) is 2.39. The van der Waals surface area contributed by atoms with Crippen molar-refractivity contribution in [2.75, 3.05) is 26.2 Å². The predicted octanol–water partition coefficient (Wildman–Crippen LogP) is 2.11. The number of terminal acetylenes is 1. The van der Waals surface area contributed by atoms with Gasteiger partial charge in [0.05, 0.1) is 6.54 Å². The highest BCUT2D eigenvalue weighted by atomic mass is 15.2. The first-order chi connectivity index (χ1) is 7.55. The van der Waals surface area contributed by atoms with Crippen molar-refractivity contribution in [1.29, 1.82) is 0 Å². The lowest BCUT2D eigenvalue weighted by molar-refractivity contribution is 0.204. The third kappa shape index (κ3) is 4.55. The van der Waals surface area contributed by atoms with E-state index in [1.807, 2.05) is 0 Å². The molecule has 1 unspecified atom stereocenters. The maximum absolute atomic E-state index is 5.23. The molecule has 92 valence electrons. The molecule has 0 spiro atoms. The molecule has 0 amide bonds. The molecule has 1 N–H and O–H groups in total. The Morgan fingerprint density at radius 1 is 1.38 bits per heavy atom. The van der Waals surface area contributed by atoms with E-state index < -0.39 is 0 Å². The highest BCUT2D eigenvalue weighted by Gasteiger charge is 2.24. The Balaban J connectivity index is 2.33. The molecular formula is C14H26N2. The van der Waals surface area contributed by atoms with E-state index in [9.17, 15) is 0 Å². The van der Waals surface area contributed by atoms with Crippen molar-refractivity contribution < 1.29 is 0 Å². The molecule has 0 saturated carbocycles. The summed E-state index contributed by atoms with van der Waals surface area (Å²) in [6.07, 6.45) is 9.22. The van der Waals surface area contributed by atoms with Gasteiger partial charge in [-0.05, 0) is 44.7 Å². The minimum atomic E-state index is 0.528. The number of nitrogens with zero attached hydrogens (tertiary/aromatic N) is 1. The molecule has 1 heterocycles. The van der Waals surface area contributed by atoms with Crippen molar-refractivity contribution in [3.63, 3.8) is 0 Å². The van der Waals surface area contributed by atoms with Crippen LogP contribution in [0, 0.1) is 17.8 Å². The molecule has 2 nitrogen and oxygen atoms in total. The molecule has 16 heavy (non-hydrogen) atoms. The fraction of sp³-hybridized carbons (Fsp3) is 0.857. The van der Waals surface area contributed by atoms with Crippen molar-refractivity contribution in [1.82, 2.24) is 10.2 Å². The van der Waals surface area contributed by atoms with Crippen LogP contribution in [-0.4, -0.2) is 37.1 Å². The summed E-state index contributed by atoms with van der Waals surface area (Å²) in [7, 11) is 0. The topological polar surface area (TPSA) is 15.3 Å². The molecule has 1 rings (SSSR count). The Kier molecular flexibility index (Phi) is 5.31. The molecule has 0 aromatic carbocycles. The van der Waals surface area contributed by atoms with Crippen LogP contribution in [0.2, 0.25) is 0 Å². The van der Waals surface area contributed by atoms with Crippen LogP contribution < -0.4 is 5.32 Å². The Hall–Kier alpha value is -0.520. The Morgan fingerprint density at radius 2 is 2.12 bits per heavy atom. The third-order valence-corrected chi connectivity index (χ3v) is 3.66. The van der Waals surface area contributed by atoms with Crippen molar-refractivity contribution in [3.8, 4) is 12.3 Å². The second-order valence-electron chi connectivity index (χ2n) is 5.74. The van der Waals surface area contributed by atoms with E-state index in [4.69, 9.17) is 6.42 Å². The summed E-state index contributed by atoms with van der Waals surface area (Å²) in [5.74, 6) is 2.62. The van der Waals surface area contributed by atoms with E-state index in [-0.39, 0.29) is 0 Å². The zero-order valence-electron chi connectivity index (χ0n) is 11.1. The standard InChI is InChI=1S/C14H26N2/c1-5-9-15-12-13(2)16-10-6-7-14(3,4)8-11-16/h1,13,15H,6-12H2,2-4H3. The quantitative estimate of drug-likeness (QED) is 0.579. The Bertz CT molecular complexity index is 240. The van der Waals surface area contributed by atoms with E-state index in [0.29, 0.717) is 18.0 Å². The summed E-state index contributed by atoms with van der Waals surface area (Å²) in [6, 6.07) is 0.599. The third-order valence-electron chi connectivity index (χ3n) is 3.66. The summed E-state index contributed by atoms with van der Waals surface area (Å²) in [5, 5.41) is 3.30. The molecule has 1 saturated heterocycles. The molecule has 2 heteroatoms. The highest BCUT2D eigenvalue weighted by Crippen LogP contribution is 2.30. The minimum absolute atomic E-state index is 0.528. The van der Waals surface area contributed by atoms with Gasteiger partial charge in [-0.25, -0.2) is 0 Å². The van der Waals surface area contributed by atoms with Crippen LogP contribution in [-0.2, 0) is 0 Å². The summed E-state index contributed by atoms with van der Waals surface area (Å²) >= 11 is 0. The SMILES string of the molecule is C#CCNCC(C)N1CCCC(C)(C)CC1. The lowest BCUT2D eigenvalue weighted by Crippen LogP contribution is -2.41. The summed E-state index contributed by atoms with van der Waals surface area (Å²) in [4.78, 5) is 2.60. The van der Waals surface area contributed by atoms with Gasteiger partial charge in [0.2, 0.25) is 0 Å². The Morgan fingerprint density at radius 3 is 2.81 bits per heavy atom. The number of hydrogen-bond donors (Lipinski definition) is 1. The van der Waals surface area contributed by atoms with Crippen LogP contribution in [0.1, 0.15) is 40.0 Å². The van der Waals surface area contributed by atoms with Gasteiger partial charge in [0.25, 0.3) is 0 Å². The normalized spacial score (nSPS) is 23.4. The maximum Gasteiger partial charge on any atom is 0.0574 e. The molecular weight excluding hydrogens is 196 g/mol. The van der Waals surface area contributed by atoms with Crippen LogP contribution >= 0.6 is 0 Å². The molecule has 1 fully saturated rings. The average molecular weight is 222 g/mol. The van der Waals surface area contributed by atoms with Crippen LogP contribution in [0.5, 0.6) is 0 Å². The first-order valence-electron chi connectivity index (χ1n) is 6.43. The van der Waals surface area contributed by atoms with Gasteiger partial charge in [-0.15, -0.1) is 6.42 Å². The van der Waals surface area contributed by atoms with Gasteiger partial charge < -0.3 is 5.32 Å². The van der Waals surface area contributed by atoms with E-state index in [0.717, 1.165) is 6.54 Å². The monoisotopic (exact) mass is 222 g/mol. The number of hydrogen-bond acceptors (Lipinski definition) is 2. The van der Waals surface area contributed by atoms with E-state index in [1.54, 1.807) is 0 Å². The van der Waals surface area contributed by atoms with Gasteiger partial charge >= 0.3 is 0 Å². The van der Waals surface area contributed by atoms with Crippen LogP contribution in [0.15, 0.2) is 0 Å². The van der Waals surface area contributed by atoms with E-state index in [1.165, 1.54) is 32.4 Å². The second kappa shape index (κ2) is 6.27. The molecule has 0 aromatic rings. The highest BCUT2D eigenvalue weighted by molar-refractivity contribution is 4.87. The molecule has 0 bridgehead atoms. The van der Waals surface area contributed by atoms with E-state index >= 15 is 0 Å². The van der Waals surface area contributed by atoms with Crippen molar-refractivity contribution in [3.05, 3.63) is 0 Å². The fourth-order valence-electron chi connectivity index (χ4n) is 2.37. The van der Waals surface area contributed by atoms with Crippen molar-refractivity contribution >= 4 is 0 Å². The first kappa shape index (κ1) is 13.5. The van der Waals surface area contributed by atoms with Gasteiger partial charge in [0.15, 0.2) is 0 Å². The predicted molar refractivity (Wildman–Crippen MR) is 70.4 cm³/mol. The van der Waals surface area contributed by atoms with Crippen LogP contribution in [0.25, 0.3) is 0 Å². The lowest BCUT2D eigenvalue weighted by atomic mass is 9.85. The van der Waals surface area contributed by atoms with Crippen LogP contribution in [0.4, 0.5) is 0 Å². The smallest absolute Gasteiger partial charge is 0.0574 e. The van der Waals surface area contributed by atoms with Gasteiger partial charge in [0.1, 0.15) is 0 Å². The van der Waals surface area contributed by atoms with Crippen molar-refractivity contribution in [2.45, 2.75) is 46.1 Å². The molecule has 0 radical (unpaired) electrons. The zero-order valence-corrected chi connectivity index (χ0v) is 11.1. The summed E-state index contributed by atoms with van der Waals surface area (Å²) in [5.41, 5.74) is 0.528. The number of rotatable bonds is 4. The molecule has 1 aliphatic heterocycles. The first-order valence-corrected chi connectivity index (χ1v) is 6.43. The maximum atomic E-state index is 5.23. The molecule has 1 aliphatic rings. The van der Waals surface area contributed by atoms with Gasteiger partial charge in [-0.2, -0.15) is 0 Å². The van der Waals surface area contributed by atoms with Crippen LogP contribution in [0.3, 0.4) is 0 Å². The zero-order chi connectivity index (χ0) is 12.0. The summed E-state index contributed by atoms with van der Waals surface area (Å²) in [6.45, 7) is 11.2. The van der Waals surface area contributed by atoms with Gasteiger partial charge in [-0.1, -0.05) is 19.8 Å². The molecule has 1 atom stereocenters. The van der Waals surface area contributed by atoms with Gasteiger partial charge in [0, 0.05) is 12.6 Å². The fourth-order valence-corrected chi connectivity index (χ4v) is 2.37. The summed E-state index contributed by atoms with van der Waals surface area (Å²) < 4.78 is 0. The van der Waals surface area contributed by atoms with Gasteiger partial charge in [-0.3, -0.25) is 4.90 Å². The second-order valence-corrected chi connectivity index (χ2v) is 5.74. The Labute approximate surface area is 101 Å². The van der Waals surface area contributed by atoms with Crippen molar-refractivity contribution in [2.24, 2.45) is 5.41 Å². The van der Waals surface area contributed by atoms with E-state index in [2.05, 4.69) is 36.9 Å². The molecule has 0 aliphatic carbocycles. The number of nitrogens with one attached hydrogen (secondary N) is 1. The number of likely N-dealkylation sites (tertiary alicyclic amines) is 1. The molecule has 0 aromatic heterocycles. The largest absolute Gasteiger partial charge is 0.305 e. The lowest BCUT2D eigenvalue weighted by Gasteiger charge is -2.28.